The van der Waals surface area contributed by atoms with Gasteiger partial charge in [-0.15, -0.1) is 0 Å². The Kier molecular flexibility index (Phi) is 0.971. The van der Waals surface area contributed by atoms with E-state index in [1.807, 2.05) is 0 Å². The van der Waals surface area contributed by atoms with Gasteiger partial charge in [-0.25, -0.2) is 0 Å². The SMILES string of the molecule is [2H]C([2H])([2H])C(c1ccc2c(c1)c1cc(C(C([2H])([2H])[2H])(C([2H])([2H])[2H])C([2H])([2H])[2H])ccc1n2C)(C([2H])([2H])[2H])C([2H])([2H])[2H]. The van der Waals surface area contributed by atoms with Gasteiger partial charge in [0.2, 0.25) is 0 Å². The van der Waals surface area contributed by atoms with Crippen LogP contribution in [0, 0.1) is 0 Å². The van der Waals surface area contributed by atoms with Crippen LogP contribution in [-0.2, 0) is 17.9 Å². The summed E-state index contributed by atoms with van der Waals surface area (Å²) < 4.78 is 146. The van der Waals surface area contributed by atoms with Gasteiger partial charge in [0.25, 0.3) is 0 Å². The second-order valence-electron chi connectivity index (χ2n) is 5.52. The van der Waals surface area contributed by atoms with Crippen LogP contribution in [0.15, 0.2) is 36.4 Å². The molecule has 1 heteroatoms. The van der Waals surface area contributed by atoms with Crippen molar-refractivity contribution in [3.05, 3.63) is 47.5 Å². The van der Waals surface area contributed by atoms with Crippen LogP contribution in [0.1, 0.15) is 76.9 Å². The molecule has 3 rings (SSSR count). The largest absolute Gasteiger partial charge is 0.344 e. The fourth-order valence-corrected chi connectivity index (χ4v) is 2.68. The summed E-state index contributed by atoms with van der Waals surface area (Å²) in [5, 5.41) is 0.156. The van der Waals surface area contributed by atoms with Crippen molar-refractivity contribution in [2.75, 3.05) is 0 Å². The van der Waals surface area contributed by atoms with Crippen molar-refractivity contribution in [2.24, 2.45) is 7.05 Å². The maximum atomic E-state index is 8.00. The van der Waals surface area contributed by atoms with Crippen molar-refractivity contribution >= 4 is 21.8 Å². The van der Waals surface area contributed by atoms with E-state index in [-0.39, 0.29) is 10.8 Å². The quantitative estimate of drug-likeness (QED) is 0.485. The minimum Gasteiger partial charge on any atom is -0.344 e. The first kappa shape index (κ1) is 4.63. The number of benzene rings is 2. The highest BCUT2D eigenvalue weighted by atomic mass is 14.9. The molecule has 0 aliphatic carbocycles. The average molecular weight is 312 g/mol. The van der Waals surface area contributed by atoms with Gasteiger partial charge in [0.15, 0.2) is 0 Å². The molecule has 0 spiro atoms. The Hall–Kier alpha value is -1.76. The highest BCUT2D eigenvalue weighted by Crippen LogP contribution is 2.35. The van der Waals surface area contributed by atoms with Crippen molar-refractivity contribution in [3.8, 4) is 0 Å². The van der Waals surface area contributed by atoms with Crippen LogP contribution in [0.25, 0.3) is 21.8 Å². The Morgan fingerprint density at radius 2 is 1.14 bits per heavy atom. The van der Waals surface area contributed by atoms with E-state index in [9.17, 15) is 0 Å². The zero-order chi connectivity index (χ0) is 31.3. The van der Waals surface area contributed by atoms with E-state index in [0.717, 1.165) is 24.3 Å². The molecule has 0 radical (unpaired) electrons. The normalized spacial score (nSPS) is 28.8. The fraction of sp³-hybridized carbons (Fsp3) is 0.429. The average Bonchev–Trinajstić information content (AvgIpc) is 2.93. The van der Waals surface area contributed by atoms with Crippen molar-refractivity contribution in [1.29, 1.82) is 0 Å². The number of aryl methyl sites for hydroxylation is 1. The molecule has 0 fully saturated rings. The molecule has 22 heavy (non-hydrogen) atoms. The maximum absolute atomic E-state index is 8.00. The zero-order valence-corrected chi connectivity index (χ0v) is 11.9. The van der Waals surface area contributed by atoms with Crippen LogP contribution in [0.3, 0.4) is 0 Å². The molecule has 1 heterocycles. The van der Waals surface area contributed by atoms with E-state index >= 15 is 0 Å². The number of hydrogen-bond acceptors (Lipinski definition) is 0. The summed E-state index contributed by atoms with van der Waals surface area (Å²) in [4.78, 5) is 0. The van der Waals surface area contributed by atoms with Crippen molar-refractivity contribution in [3.63, 3.8) is 0 Å². The molecule has 0 saturated carbocycles. The summed E-state index contributed by atoms with van der Waals surface area (Å²) in [6.07, 6.45) is 0. The minimum absolute atomic E-state index is 0.0782. The number of rotatable bonds is 0. The maximum Gasteiger partial charge on any atom is 0.0488 e. The van der Waals surface area contributed by atoms with E-state index in [1.54, 1.807) is 11.6 Å². The van der Waals surface area contributed by atoms with Crippen LogP contribution < -0.4 is 0 Å². The molecule has 1 aromatic heterocycles. The van der Waals surface area contributed by atoms with Crippen LogP contribution >= 0.6 is 0 Å². The summed E-state index contributed by atoms with van der Waals surface area (Å²) in [6, 6.07) is 6.93. The van der Waals surface area contributed by atoms with E-state index in [2.05, 4.69) is 0 Å². The Morgan fingerprint density at radius 3 is 1.50 bits per heavy atom. The molecule has 0 N–H and O–H groups in total. The monoisotopic (exact) mass is 311 g/mol. The Morgan fingerprint density at radius 1 is 0.727 bits per heavy atom. The lowest BCUT2D eigenvalue weighted by Crippen LogP contribution is -2.10. The minimum atomic E-state index is -3.54. The number of nitrogens with zero attached hydrogens (tertiary/aromatic N) is 1. The predicted molar refractivity (Wildman–Crippen MR) is 97.8 cm³/mol. The topological polar surface area (TPSA) is 4.93 Å². The van der Waals surface area contributed by atoms with Crippen molar-refractivity contribution in [1.82, 2.24) is 4.57 Å². The Balaban J connectivity index is 2.58. The lowest BCUT2D eigenvalue weighted by molar-refractivity contribution is 0.590. The molecule has 1 nitrogen and oxygen atoms in total. The van der Waals surface area contributed by atoms with Gasteiger partial charge >= 0.3 is 0 Å². The van der Waals surface area contributed by atoms with Crippen LogP contribution in [0.5, 0.6) is 0 Å². The standard InChI is InChI=1S/C21H27N/c1-20(2,3)14-8-10-18-16(12-14)17-13-15(21(4,5)6)9-11-19(17)22(18)7/h8-13H,1-7H3/i1D3,2D3,3D3,4D3,5D3,6D3. The van der Waals surface area contributed by atoms with Crippen LogP contribution in [0.2, 0.25) is 0 Å². The van der Waals surface area contributed by atoms with Gasteiger partial charge in [-0.05, 0) is 46.2 Å². The molecule has 0 aliphatic rings. The third kappa shape index (κ3) is 2.33. The van der Waals surface area contributed by atoms with Gasteiger partial charge in [0.05, 0.1) is 0 Å². The highest BCUT2D eigenvalue weighted by Gasteiger charge is 2.18. The molecular formula is C21H27N. The third-order valence-electron chi connectivity index (χ3n) is 3.87. The summed E-state index contributed by atoms with van der Waals surface area (Å²) in [7, 11) is 1.57. The van der Waals surface area contributed by atoms with Crippen molar-refractivity contribution < 1.29 is 24.7 Å². The smallest absolute Gasteiger partial charge is 0.0488 e. The summed E-state index contributed by atoms with van der Waals surface area (Å²) >= 11 is 0. The summed E-state index contributed by atoms with van der Waals surface area (Å²) in [5.74, 6) is 0. The van der Waals surface area contributed by atoms with E-state index < -0.39 is 63.1 Å². The van der Waals surface area contributed by atoms with E-state index in [4.69, 9.17) is 24.7 Å². The molecule has 3 aromatic rings. The molecule has 0 unspecified atom stereocenters. The lowest BCUT2D eigenvalue weighted by Gasteiger charge is -2.19. The van der Waals surface area contributed by atoms with Gasteiger partial charge in [-0.2, -0.15) is 0 Å². The zero-order valence-electron chi connectivity index (χ0n) is 29.9. The van der Waals surface area contributed by atoms with Gasteiger partial charge in [-0.3, -0.25) is 0 Å². The summed E-state index contributed by atoms with van der Waals surface area (Å²) in [6.45, 7) is -21.2. The predicted octanol–water partition coefficient (Wildman–Crippen LogP) is 5.93. The van der Waals surface area contributed by atoms with Gasteiger partial charge in [0, 0.05) is 53.5 Å². The van der Waals surface area contributed by atoms with E-state index in [1.165, 1.54) is 12.1 Å². The Bertz CT molecular complexity index is 1240. The lowest BCUT2D eigenvalue weighted by atomic mass is 9.85. The second kappa shape index (κ2) is 4.62. The Labute approximate surface area is 159 Å². The number of fused-ring (bicyclic) bond motifs is 3. The van der Waals surface area contributed by atoms with Gasteiger partial charge in [0.1, 0.15) is 0 Å². The highest BCUT2D eigenvalue weighted by molar-refractivity contribution is 6.08. The molecular weight excluding hydrogens is 266 g/mol. The first-order valence-corrected chi connectivity index (χ1v) is 6.62. The molecule has 0 saturated heterocycles. The fourth-order valence-electron chi connectivity index (χ4n) is 2.68. The molecule has 116 valence electrons. The van der Waals surface area contributed by atoms with Crippen LogP contribution in [0.4, 0.5) is 0 Å². The number of hydrogen-bond donors (Lipinski definition) is 0. The molecule has 0 atom stereocenters. The van der Waals surface area contributed by atoms with E-state index in [0.29, 0.717) is 11.0 Å². The first-order chi connectivity index (χ1) is 17.6. The van der Waals surface area contributed by atoms with Gasteiger partial charge in [-0.1, -0.05) is 53.2 Å². The number of aromatic nitrogens is 1. The second-order valence-corrected chi connectivity index (χ2v) is 5.52. The molecule has 2 aromatic carbocycles. The van der Waals surface area contributed by atoms with Crippen LogP contribution in [-0.4, -0.2) is 4.57 Å². The molecule has 0 amide bonds. The molecule has 0 aliphatic heterocycles. The first-order valence-electron chi connectivity index (χ1n) is 15.6. The summed E-state index contributed by atoms with van der Waals surface area (Å²) in [5.41, 5.74) is -7.08. The third-order valence-corrected chi connectivity index (χ3v) is 3.87. The van der Waals surface area contributed by atoms with Crippen molar-refractivity contribution in [2.45, 2.75) is 51.9 Å². The van der Waals surface area contributed by atoms with Gasteiger partial charge < -0.3 is 4.57 Å². The molecule has 0 bridgehead atoms.